The molecule has 0 radical (unpaired) electrons. The lowest BCUT2D eigenvalue weighted by atomic mass is 10.1. The number of hydrazine groups is 1. The minimum Gasteiger partial charge on any atom is -0.505 e. The molecule has 1 rings (SSSR count). The number of phenolic OH excluding ortho intramolecular Hbond substituents is 1. The first-order valence-corrected chi connectivity index (χ1v) is 3.59. The summed E-state index contributed by atoms with van der Waals surface area (Å²) in [6.07, 6.45) is 0.299. The van der Waals surface area contributed by atoms with Crippen molar-refractivity contribution in [2.75, 3.05) is 0 Å². The predicted octanol–water partition coefficient (Wildman–Crippen LogP) is -0.0527. The van der Waals surface area contributed by atoms with Gasteiger partial charge in [0.15, 0.2) is 17.9 Å². The predicted molar refractivity (Wildman–Crippen MR) is 45.1 cm³/mol. The number of phenols is 1. The van der Waals surface area contributed by atoms with Gasteiger partial charge in [0.2, 0.25) is 0 Å². The van der Waals surface area contributed by atoms with Crippen LogP contribution in [-0.2, 0) is 0 Å². The summed E-state index contributed by atoms with van der Waals surface area (Å²) in [5.74, 6) is 1.93. The van der Waals surface area contributed by atoms with Crippen molar-refractivity contribution >= 4 is 12.2 Å². The number of carbonyl (C=O) groups is 2. The van der Waals surface area contributed by atoms with Crippen LogP contribution in [0, 0.1) is 5.82 Å². The molecule has 74 valence electrons. The van der Waals surface area contributed by atoms with Crippen LogP contribution in [0.15, 0.2) is 12.1 Å². The SMILES string of the molecule is NNC(=O)c1c(C=O)ccc(O)c1F. The van der Waals surface area contributed by atoms with Crippen LogP contribution in [0.25, 0.3) is 0 Å². The van der Waals surface area contributed by atoms with Crippen molar-refractivity contribution in [3.63, 3.8) is 0 Å². The number of nitrogens with one attached hydrogen (secondary N) is 1. The highest BCUT2D eigenvalue weighted by molar-refractivity contribution is 6.01. The largest absolute Gasteiger partial charge is 0.505 e. The van der Waals surface area contributed by atoms with Crippen LogP contribution in [0.3, 0.4) is 0 Å². The highest BCUT2D eigenvalue weighted by Crippen LogP contribution is 2.21. The number of carbonyl (C=O) groups excluding carboxylic acids is 2. The molecule has 0 atom stereocenters. The smallest absolute Gasteiger partial charge is 0.269 e. The molecule has 0 spiro atoms. The van der Waals surface area contributed by atoms with Gasteiger partial charge in [-0.1, -0.05) is 0 Å². The van der Waals surface area contributed by atoms with Crippen molar-refractivity contribution < 1.29 is 19.1 Å². The summed E-state index contributed by atoms with van der Waals surface area (Å²) in [7, 11) is 0. The number of aldehydes is 1. The fourth-order valence-electron chi connectivity index (χ4n) is 0.981. The van der Waals surface area contributed by atoms with Crippen LogP contribution in [0.4, 0.5) is 4.39 Å². The average Bonchev–Trinajstić information content (AvgIpc) is 2.20. The van der Waals surface area contributed by atoms with Gasteiger partial charge in [-0.25, -0.2) is 10.2 Å². The maximum absolute atomic E-state index is 13.2. The van der Waals surface area contributed by atoms with E-state index in [1.807, 2.05) is 0 Å². The molecule has 6 heteroatoms. The summed E-state index contributed by atoms with van der Waals surface area (Å²) in [6.45, 7) is 0. The van der Waals surface area contributed by atoms with Gasteiger partial charge in [-0.2, -0.15) is 0 Å². The van der Waals surface area contributed by atoms with Crippen LogP contribution >= 0.6 is 0 Å². The third-order valence-electron chi connectivity index (χ3n) is 1.64. The number of halogens is 1. The van der Waals surface area contributed by atoms with Crippen LogP contribution in [-0.4, -0.2) is 17.3 Å². The minimum atomic E-state index is -1.17. The molecule has 4 N–H and O–H groups in total. The molecule has 0 unspecified atom stereocenters. The van der Waals surface area contributed by atoms with Gasteiger partial charge >= 0.3 is 0 Å². The molecule has 0 aliphatic heterocycles. The summed E-state index contributed by atoms with van der Waals surface area (Å²) in [6, 6.07) is 2.10. The summed E-state index contributed by atoms with van der Waals surface area (Å²) in [4.78, 5) is 21.5. The number of nitrogens with two attached hydrogens (primary N) is 1. The number of amides is 1. The zero-order valence-electron chi connectivity index (χ0n) is 6.95. The summed E-state index contributed by atoms with van der Waals surface area (Å²) in [5, 5.41) is 8.95. The first-order valence-electron chi connectivity index (χ1n) is 3.59. The van der Waals surface area contributed by atoms with E-state index in [9.17, 15) is 14.0 Å². The lowest BCUT2D eigenvalue weighted by Crippen LogP contribution is -2.31. The quantitative estimate of drug-likeness (QED) is 0.269. The first-order chi connectivity index (χ1) is 6.61. The monoisotopic (exact) mass is 198 g/mol. The Morgan fingerprint density at radius 1 is 1.57 bits per heavy atom. The maximum atomic E-state index is 13.2. The van der Waals surface area contributed by atoms with Crippen molar-refractivity contribution in [3.05, 3.63) is 29.1 Å². The Kier molecular flexibility index (Phi) is 2.78. The molecule has 0 bridgehead atoms. The number of aromatic hydroxyl groups is 1. The van der Waals surface area contributed by atoms with Crippen LogP contribution in [0.5, 0.6) is 5.75 Å². The minimum absolute atomic E-state index is 0.178. The van der Waals surface area contributed by atoms with Gasteiger partial charge in [-0.15, -0.1) is 0 Å². The lowest BCUT2D eigenvalue weighted by molar-refractivity contribution is 0.0943. The molecule has 1 amide bonds. The van der Waals surface area contributed by atoms with Crippen LogP contribution < -0.4 is 11.3 Å². The van der Waals surface area contributed by atoms with Gasteiger partial charge in [0.05, 0.1) is 5.56 Å². The third-order valence-corrected chi connectivity index (χ3v) is 1.64. The molecule has 0 saturated heterocycles. The van der Waals surface area contributed by atoms with Gasteiger partial charge in [-0.3, -0.25) is 15.0 Å². The van der Waals surface area contributed by atoms with E-state index >= 15 is 0 Å². The summed E-state index contributed by atoms with van der Waals surface area (Å²) >= 11 is 0. The maximum Gasteiger partial charge on any atom is 0.269 e. The van der Waals surface area contributed by atoms with Gasteiger partial charge < -0.3 is 5.11 Å². The van der Waals surface area contributed by atoms with E-state index in [1.165, 1.54) is 0 Å². The van der Waals surface area contributed by atoms with Crippen molar-refractivity contribution in [1.29, 1.82) is 0 Å². The first kappa shape index (κ1) is 10.1. The van der Waals surface area contributed by atoms with E-state index in [-0.39, 0.29) is 5.56 Å². The second kappa shape index (κ2) is 3.84. The molecule has 0 aromatic heterocycles. The third kappa shape index (κ3) is 1.55. The highest BCUT2D eigenvalue weighted by atomic mass is 19.1. The number of benzene rings is 1. The normalized spacial score (nSPS) is 9.57. The molecule has 0 fully saturated rings. The molecule has 0 aliphatic carbocycles. The van der Waals surface area contributed by atoms with E-state index in [2.05, 4.69) is 0 Å². The van der Waals surface area contributed by atoms with Gasteiger partial charge in [-0.05, 0) is 12.1 Å². The Morgan fingerprint density at radius 3 is 2.71 bits per heavy atom. The van der Waals surface area contributed by atoms with Crippen molar-refractivity contribution in [2.45, 2.75) is 0 Å². The standard InChI is InChI=1S/C8H7FN2O3/c9-7-5(13)2-1-4(3-12)6(7)8(14)11-10/h1-3,13H,10H2,(H,11,14). The second-order valence-corrected chi connectivity index (χ2v) is 2.45. The molecular formula is C8H7FN2O3. The average molecular weight is 198 g/mol. The fourth-order valence-corrected chi connectivity index (χ4v) is 0.981. The Labute approximate surface area is 78.3 Å². The lowest BCUT2D eigenvalue weighted by Gasteiger charge is -2.05. The van der Waals surface area contributed by atoms with E-state index in [4.69, 9.17) is 10.9 Å². The molecule has 1 aromatic carbocycles. The number of nitrogen functional groups attached to an aromatic ring is 1. The van der Waals surface area contributed by atoms with Crippen molar-refractivity contribution in [2.24, 2.45) is 5.84 Å². The van der Waals surface area contributed by atoms with Crippen molar-refractivity contribution in [3.8, 4) is 5.75 Å². The zero-order chi connectivity index (χ0) is 10.7. The zero-order valence-corrected chi connectivity index (χ0v) is 6.95. The Morgan fingerprint density at radius 2 is 2.21 bits per heavy atom. The molecular weight excluding hydrogens is 191 g/mol. The fraction of sp³-hybridized carbons (Fsp3) is 0. The van der Waals surface area contributed by atoms with E-state index in [0.29, 0.717) is 6.29 Å². The van der Waals surface area contributed by atoms with Gasteiger partial charge in [0, 0.05) is 5.56 Å². The van der Waals surface area contributed by atoms with Gasteiger partial charge in [0.1, 0.15) is 0 Å². The molecule has 14 heavy (non-hydrogen) atoms. The number of rotatable bonds is 2. The summed E-state index contributed by atoms with van der Waals surface area (Å²) in [5.41, 5.74) is 0.930. The topological polar surface area (TPSA) is 92.4 Å². The Hall–Kier alpha value is -1.95. The number of hydrogen-bond donors (Lipinski definition) is 3. The Balaban J connectivity index is 3.42. The van der Waals surface area contributed by atoms with E-state index in [1.54, 1.807) is 5.43 Å². The van der Waals surface area contributed by atoms with Crippen molar-refractivity contribution in [1.82, 2.24) is 5.43 Å². The molecule has 0 aliphatic rings. The van der Waals surface area contributed by atoms with Crippen LogP contribution in [0.1, 0.15) is 20.7 Å². The second-order valence-electron chi connectivity index (χ2n) is 2.45. The number of hydrogen-bond acceptors (Lipinski definition) is 4. The molecule has 5 nitrogen and oxygen atoms in total. The van der Waals surface area contributed by atoms with E-state index in [0.717, 1.165) is 12.1 Å². The molecule has 0 heterocycles. The Bertz CT molecular complexity index is 392. The molecule has 0 saturated carbocycles. The molecule has 1 aromatic rings. The van der Waals surface area contributed by atoms with Gasteiger partial charge in [0.25, 0.3) is 5.91 Å². The summed E-state index contributed by atoms with van der Waals surface area (Å²) < 4.78 is 13.2. The van der Waals surface area contributed by atoms with E-state index < -0.39 is 23.0 Å². The highest BCUT2D eigenvalue weighted by Gasteiger charge is 2.18. The van der Waals surface area contributed by atoms with Crippen LogP contribution in [0.2, 0.25) is 0 Å².